The van der Waals surface area contributed by atoms with Crippen LogP contribution in [0.1, 0.15) is 67.9 Å². The minimum absolute atomic E-state index is 0.0186. The molecule has 1 saturated carbocycles. The molecular formula is C25H36N2O3. The molecule has 0 radical (unpaired) electrons. The summed E-state index contributed by atoms with van der Waals surface area (Å²) in [6.07, 6.45) is 8.55. The van der Waals surface area contributed by atoms with Crippen molar-refractivity contribution in [3.05, 3.63) is 35.5 Å². The Kier molecular flexibility index (Phi) is 7.83. The number of nitrogens with one attached hydrogen (secondary N) is 1. The van der Waals surface area contributed by atoms with E-state index in [1.54, 1.807) is 14.2 Å². The van der Waals surface area contributed by atoms with Gasteiger partial charge < -0.3 is 19.4 Å². The van der Waals surface area contributed by atoms with Crippen LogP contribution in [-0.4, -0.2) is 31.2 Å². The second-order valence-corrected chi connectivity index (χ2v) is 8.32. The van der Waals surface area contributed by atoms with Gasteiger partial charge in [0.2, 0.25) is 0 Å². The maximum Gasteiger partial charge on any atom is 0.253 e. The summed E-state index contributed by atoms with van der Waals surface area (Å²) in [7, 11) is 3.30. The molecule has 0 aliphatic heterocycles. The Morgan fingerprint density at radius 1 is 1.10 bits per heavy atom. The van der Waals surface area contributed by atoms with Crippen molar-refractivity contribution in [2.24, 2.45) is 5.92 Å². The van der Waals surface area contributed by atoms with Gasteiger partial charge in [-0.05, 0) is 56.4 Å². The van der Waals surface area contributed by atoms with Gasteiger partial charge in [0, 0.05) is 30.0 Å². The Labute approximate surface area is 180 Å². The number of amides is 1. The third kappa shape index (κ3) is 5.00. The lowest BCUT2D eigenvalue weighted by atomic mass is 9.89. The predicted octanol–water partition coefficient (Wildman–Crippen LogP) is 5.59. The Balaban J connectivity index is 1.98. The van der Waals surface area contributed by atoms with Crippen molar-refractivity contribution in [2.45, 2.75) is 65.3 Å². The first kappa shape index (κ1) is 22.3. The quantitative estimate of drug-likeness (QED) is 0.546. The van der Waals surface area contributed by atoms with Crippen molar-refractivity contribution < 1.29 is 14.3 Å². The van der Waals surface area contributed by atoms with Crippen LogP contribution in [0.2, 0.25) is 0 Å². The van der Waals surface area contributed by atoms with Gasteiger partial charge in [-0.25, -0.2) is 0 Å². The summed E-state index contributed by atoms with van der Waals surface area (Å²) in [5.74, 6) is 2.10. The van der Waals surface area contributed by atoms with E-state index < -0.39 is 0 Å². The fourth-order valence-electron chi connectivity index (χ4n) is 4.45. The summed E-state index contributed by atoms with van der Waals surface area (Å²) in [5, 5.41) is 3.08. The van der Waals surface area contributed by atoms with Crippen LogP contribution in [0, 0.1) is 12.8 Å². The van der Waals surface area contributed by atoms with Crippen LogP contribution in [-0.2, 0) is 6.54 Å². The highest BCUT2D eigenvalue weighted by atomic mass is 16.5. The minimum atomic E-state index is 0.0186. The first-order chi connectivity index (χ1) is 14.6. The van der Waals surface area contributed by atoms with Gasteiger partial charge in [-0.3, -0.25) is 4.79 Å². The van der Waals surface area contributed by atoms with Gasteiger partial charge in [0.05, 0.1) is 19.8 Å². The van der Waals surface area contributed by atoms with Gasteiger partial charge in [0.1, 0.15) is 0 Å². The minimum Gasteiger partial charge on any atom is -0.493 e. The van der Waals surface area contributed by atoms with Gasteiger partial charge >= 0.3 is 0 Å². The van der Waals surface area contributed by atoms with Gasteiger partial charge in [-0.2, -0.15) is 0 Å². The highest BCUT2D eigenvalue weighted by molar-refractivity contribution is 5.97. The van der Waals surface area contributed by atoms with E-state index in [0.717, 1.165) is 41.9 Å². The number of hydrogen-bond donors (Lipinski definition) is 1. The summed E-state index contributed by atoms with van der Waals surface area (Å²) >= 11 is 0. The molecule has 1 heterocycles. The van der Waals surface area contributed by atoms with Crippen LogP contribution in [0.4, 0.5) is 0 Å². The molecule has 5 nitrogen and oxygen atoms in total. The molecule has 1 amide bonds. The number of hydrogen-bond acceptors (Lipinski definition) is 3. The summed E-state index contributed by atoms with van der Waals surface area (Å²) in [5.41, 5.74) is 3.92. The van der Waals surface area contributed by atoms with Crippen LogP contribution < -0.4 is 14.8 Å². The van der Waals surface area contributed by atoms with Crippen molar-refractivity contribution in [3.63, 3.8) is 0 Å². The van der Waals surface area contributed by atoms with Crippen LogP contribution in [0.5, 0.6) is 11.5 Å². The SMILES string of the molecule is CCCCNC(=O)c1cc(-c2ccc(OC)c(OC)c2)n(CC2CCCCC2)c1C. The lowest BCUT2D eigenvalue weighted by molar-refractivity contribution is 0.0952. The molecule has 1 aliphatic rings. The molecule has 1 aromatic carbocycles. The largest absolute Gasteiger partial charge is 0.493 e. The zero-order valence-electron chi connectivity index (χ0n) is 18.9. The molecule has 0 atom stereocenters. The van der Waals surface area contributed by atoms with Crippen LogP contribution in [0.3, 0.4) is 0 Å². The Morgan fingerprint density at radius 2 is 1.83 bits per heavy atom. The maximum atomic E-state index is 12.9. The fraction of sp³-hybridized carbons (Fsp3) is 0.560. The van der Waals surface area contributed by atoms with E-state index in [9.17, 15) is 4.79 Å². The highest BCUT2D eigenvalue weighted by Gasteiger charge is 2.22. The molecule has 2 aromatic rings. The first-order valence-corrected chi connectivity index (χ1v) is 11.3. The Morgan fingerprint density at radius 3 is 2.50 bits per heavy atom. The zero-order valence-corrected chi connectivity index (χ0v) is 18.9. The number of aromatic nitrogens is 1. The van der Waals surface area contributed by atoms with Gasteiger partial charge in [-0.15, -0.1) is 0 Å². The molecule has 0 bridgehead atoms. The van der Waals surface area contributed by atoms with E-state index in [1.807, 2.05) is 24.3 Å². The molecule has 0 unspecified atom stereocenters. The van der Waals surface area contributed by atoms with E-state index in [2.05, 4.69) is 23.7 Å². The van der Waals surface area contributed by atoms with E-state index in [0.29, 0.717) is 24.0 Å². The first-order valence-electron chi connectivity index (χ1n) is 11.3. The average Bonchev–Trinajstić information content (AvgIpc) is 3.10. The normalized spacial score (nSPS) is 14.5. The molecule has 0 spiro atoms. The zero-order chi connectivity index (χ0) is 21.5. The van der Waals surface area contributed by atoms with Crippen molar-refractivity contribution >= 4 is 5.91 Å². The number of ether oxygens (including phenoxy) is 2. The standard InChI is InChI=1S/C25H36N2O3/c1-5-6-14-26-25(28)21-16-22(20-12-13-23(29-3)24(15-20)30-4)27(18(21)2)17-19-10-8-7-9-11-19/h12-13,15-16,19H,5-11,14,17H2,1-4H3,(H,26,28). The molecular weight excluding hydrogens is 376 g/mol. The third-order valence-corrected chi connectivity index (χ3v) is 6.27. The van der Waals surface area contributed by atoms with Crippen LogP contribution >= 0.6 is 0 Å². The summed E-state index contributed by atoms with van der Waals surface area (Å²) in [4.78, 5) is 12.9. The molecule has 1 N–H and O–H groups in total. The lowest BCUT2D eigenvalue weighted by Crippen LogP contribution is -2.25. The molecule has 164 valence electrons. The Hall–Kier alpha value is -2.43. The summed E-state index contributed by atoms with van der Waals surface area (Å²) in [6.45, 7) is 5.88. The number of carbonyl (C=O) groups excluding carboxylic acids is 1. The van der Waals surface area contributed by atoms with Crippen LogP contribution in [0.25, 0.3) is 11.3 Å². The van der Waals surface area contributed by atoms with Crippen LogP contribution in [0.15, 0.2) is 24.3 Å². The van der Waals surface area contributed by atoms with Crippen molar-refractivity contribution in [1.29, 1.82) is 0 Å². The summed E-state index contributed by atoms with van der Waals surface area (Å²) in [6, 6.07) is 8.03. The highest BCUT2D eigenvalue weighted by Crippen LogP contribution is 2.35. The fourth-order valence-corrected chi connectivity index (χ4v) is 4.45. The number of rotatable bonds is 9. The number of carbonyl (C=O) groups is 1. The van der Waals surface area contributed by atoms with E-state index >= 15 is 0 Å². The van der Waals surface area contributed by atoms with Crippen molar-refractivity contribution in [2.75, 3.05) is 20.8 Å². The van der Waals surface area contributed by atoms with Crippen molar-refractivity contribution in [3.8, 4) is 22.8 Å². The molecule has 30 heavy (non-hydrogen) atoms. The molecule has 1 aromatic heterocycles. The van der Waals surface area contributed by atoms with E-state index in [1.165, 1.54) is 32.1 Å². The lowest BCUT2D eigenvalue weighted by Gasteiger charge is -2.24. The molecule has 3 rings (SSSR count). The summed E-state index contributed by atoms with van der Waals surface area (Å²) < 4.78 is 13.3. The number of nitrogens with zero attached hydrogens (tertiary/aromatic N) is 1. The van der Waals surface area contributed by atoms with E-state index in [-0.39, 0.29) is 5.91 Å². The third-order valence-electron chi connectivity index (χ3n) is 6.27. The average molecular weight is 413 g/mol. The number of benzene rings is 1. The predicted molar refractivity (Wildman–Crippen MR) is 122 cm³/mol. The Bertz CT molecular complexity index is 850. The maximum absolute atomic E-state index is 12.9. The number of methoxy groups -OCH3 is 2. The topological polar surface area (TPSA) is 52.5 Å². The van der Waals surface area contributed by atoms with Gasteiger partial charge in [-0.1, -0.05) is 32.6 Å². The molecule has 0 saturated heterocycles. The second kappa shape index (κ2) is 10.6. The molecule has 5 heteroatoms. The van der Waals surface area contributed by atoms with Gasteiger partial charge in [0.25, 0.3) is 5.91 Å². The van der Waals surface area contributed by atoms with Crippen molar-refractivity contribution in [1.82, 2.24) is 9.88 Å². The molecule has 1 aliphatic carbocycles. The van der Waals surface area contributed by atoms with E-state index in [4.69, 9.17) is 9.47 Å². The second-order valence-electron chi connectivity index (χ2n) is 8.32. The van der Waals surface area contributed by atoms with Gasteiger partial charge in [0.15, 0.2) is 11.5 Å². The monoisotopic (exact) mass is 412 g/mol. The smallest absolute Gasteiger partial charge is 0.253 e. The number of unbranched alkanes of at least 4 members (excludes halogenated alkanes) is 1. The molecule has 1 fully saturated rings.